The van der Waals surface area contributed by atoms with Crippen LogP contribution in [0.4, 0.5) is 0 Å². The molecule has 0 nitrogen and oxygen atoms in total. The molecule has 4 aromatic carbocycles. The van der Waals surface area contributed by atoms with Crippen molar-refractivity contribution in [1.82, 2.24) is 0 Å². The zero-order chi connectivity index (χ0) is 34.3. The molecule has 0 radical (unpaired) electrons. The summed E-state index contributed by atoms with van der Waals surface area (Å²) in [5.41, 5.74) is 14.9. The van der Waals surface area contributed by atoms with E-state index in [9.17, 15) is 0 Å². The molecule has 1 heteroatoms. The minimum Gasteiger partial charge on any atom is -0.0689 e. The van der Waals surface area contributed by atoms with Crippen molar-refractivity contribution < 1.29 is 0 Å². The molecule has 4 aliphatic rings. The van der Waals surface area contributed by atoms with Crippen LogP contribution in [0.5, 0.6) is 0 Å². The van der Waals surface area contributed by atoms with Gasteiger partial charge in [0.05, 0.1) is 8.07 Å². The Hall–Kier alpha value is -2.90. The van der Waals surface area contributed by atoms with E-state index < -0.39 is 8.07 Å². The predicted octanol–water partition coefficient (Wildman–Crippen LogP) is 13.1. The number of benzene rings is 4. The third-order valence-electron chi connectivity index (χ3n) is 14.3. The normalized spacial score (nSPS) is 29.6. The van der Waals surface area contributed by atoms with Gasteiger partial charge in [-0.25, -0.2) is 0 Å². The molecule has 4 aliphatic carbocycles. The summed E-state index contributed by atoms with van der Waals surface area (Å²) in [4.78, 5) is 0. The Morgan fingerprint density at radius 2 is 0.878 bits per heavy atom. The first-order chi connectivity index (χ1) is 23.3. The highest BCUT2D eigenvalue weighted by atomic mass is 28.3. The van der Waals surface area contributed by atoms with Gasteiger partial charge < -0.3 is 0 Å². The van der Waals surface area contributed by atoms with E-state index in [1.165, 1.54) is 49.7 Å². The van der Waals surface area contributed by atoms with Crippen LogP contribution in [0, 0.1) is 11.8 Å². The highest BCUT2D eigenvalue weighted by Crippen LogP contribution is 2.70. The van der Waals surface area contributed by atoms with Gasteiger partial charge in [-0.2, -0.15) is 0 Å². The van der Waals surface area contributed by atoms with E-state index in [0.717, 1.165) is 22.9 Å². The van der Waals surface area contributed by atoms with E-state index in [4.69, 9.17) is 0 Å². The Labute approximate surface area is 299 Å². The van der Waals surface area contributed by atoms with E-state index in [1.807, 2.05) is 0 Å². The average Bonchev–Trinajstić information content (AvgIpc) is 3.69. The minimum atomic E-state index is -1.89. The van der Waals surface area contributed by atoms with Gasteiger partial charge in [0.2, 0.25) is 0 Å². The molecule has 4 aromatic rings. The van der Waals surface area contributed by atoms with Gasteiger partial charge in [-0.15, -0.1) is 0 Å². The van der Waals surface area contributed by atoms with Gasteiger partial charge in [0.1, 0.15) is 0 Å². The number of hydrogen-bond acceptors (Lipinski definition) is 0. The molecule has 0 spiro atoms. The monoisotopic (exact) mass is 664 g/mol. The van der Waals surface area contributed by atoms with Gasteiger partial charge in [0.15, 0.2) is 0 Å². The molecule has 8 unspecified atom stereocenters. The maximum absolute atomic E-state index is 2.89. The molecule has 0 aliphatic heterocycles. The molecule has 0 saturated heterocycles. The van der Waals surface area contributed by atoms with Crippen molar-refractivity contribution in [2.24, 2.45) is 11.8 Å². The summed E-state index contributed by atoms with van der Waals surface area (Å²) in [5.74, 6) is 4.24. The van der Waals surface area contributed by atoms with Crippen LogP contribution in [-0.4, -0.2) is 8.07 Å². The van der Waals surface area contributed by atoms with Crippen molar-refractivity contribution in [3.8, 4) is 0 Å². The molecule has 0 aromatic heterocycles. The van der Waals surface area contributed by atoms with Gasteiger partial charge in [-0.3, -0.25) is 0 Å². The summed E-state index contributed by atoms with van der Waals surface area (Å²) < 4.78 is 0. The van der Waals surface area contributed by atoms with E-state index in [1.54, 1.807) is 33.4 Å². The van der Waals surface area contributed by atoms with E-state index >= 15 is 0 Å². The summed E-state index contributed by atoms with van der Waals surface area (Å²) >= 11 is 0. The molecule has 0 N–H and O–H groups in total. The molecular weight excluding hydrogens is 605 g/mol. The maximum Gasteiger partial charge on any atom is 0.0553 e. The summed E-state index contributed by atoms with van der Waals surface area (Å²) in [6, 6.07) is 38.9. The van der Waals surface area contributed by atoms with Crippen LogP contribution in [0.2, 0.25) is 24.2 Å². The van der Waals surface area contributed by atoms with Crippen LogP contribution in [-0.2, 0) is 23.7 Å². The van der Waals surface area contributed by atoms with Gasteiger partial charge in [0.25, 0.3) is 0 Å². The summed E-state index contributed by atoms with van der Waals surface area (Å²) in [6.07, 6.45) is 7.89. The molecule has 256 valence electrons. The topological polar surface area (TPSA) is 0 Å². The molecular formula is C48H60Si. The zero-order valence-corrected chi connectivity index (χ0v) is 32.6. The summed E-state index contributed by atoms with van der Waals surface area (Å²) in [6.45, 7) is 20.1. The second-order valence-electron chi connectivity index (χ2n) is 19.3. The molecule has 0 bridgehead atoms. The number of rotatable bonds is 4. The highest BCUT2D eigenvalue weighted by molar-refractivity contribution is 6.80. The predicted molar refractivity (Wildman–Crippen MR) is 212 cm³/mol. The largest absolute Gasteiger partial charge is 0.0689 e. The van der Waals surface area contributed by atoms with Crippen molar-refractivity contribution in [3.05, 3.63) is 142 Å². The van der Waals surface area contributed by atoms with Crippen LogP contribution in [0.15, 0.2) is 97.1 Å². The van der Waals surface area contributed by atoms with Crippen molar-refractivity contribution >= 4 is 8.07 Å². The fourth-order valence-electron chi connectivity index (χ4n) is 12.1. The molecule has 8 rings (SSSR count). The Morgan fingerprint density at radius 3 is 1.24 bits per heavy atom. The third kappa shape index (κ3) is 5.71. The second kappa shape index (κ2) is 12.1. The molecule has 8 atom stereocenters. The maximum atomic E-state index is 2.89. The van der Waals surface area contributed by atoms with Crippen LogP contribution in [0.3, 0.4) is 0 Å². The van der Waals surface area contributed by atoms with Gasteiger partial charge in [-0.1, -0.05) is 152 Å². The van der Waals surface area contributed by atoms with Crippen molar-refractivity contribution in [2.45, 2.75) is 139 Å². The van der Waals surface area contributed by atoms with Crippen LogP contribution in [0.25, 0.3) is 0 Å². The van der Waals surface area contributed by atoms with Crippen molar-refractivity contribution in [3.63, 3.8) is 0 Å². The lowest BCUT2D eigenvalue weighted by molar-refractivity contribution is 0.388. The van der Waals surface area contributed by atoms with E-state index in [0.29, 0.717) is 23.7 Å². The number of hydrogen-bond donors (Lipinski definition) is 0. The molecule has 0 heterocycles. The smallest absolute Gasteiger partial charge is 0.0553 e. The zero-order valence-electron chi connectivity index (χ0n) is 31.6. The second-order valence-corrected chi connectivity index (χ2v) is 24.3. The SMILES string of the molecule is CC(C)(C)c1ccc2c(c1)C1CC(c3ccccc3)C([Si](C)(C)C3C(c4ccccc4)CC4c5cc(C(C)(C)C)ccc5CCC43)C1CC2. The first-order valence-corrected chi connectivity index (χ1v) is 22.8. The molecule has 49 heavy (non-hydrogen) atoms. The third-order valence-corrected chi connectivity index (χ3v) is 19.4. The lowest BCUT2D eigenvalue weighted by Crippen LogP contribution is -2.46. The molecule has 2 saturated carbocycles. The quantitative estimate of drug-likeness (QED) is 0.190. The lowest BCUT2D eigenvalue weighted by Gasteiger charge is -2.48. The Bertz CT molecular complexity index is 1670. The highest BCUT2D eigenvalue weighted by Gasteiger charge is 2.60. The van der Waals surface area contributed by atoms with Crippen molar-refractivity contribution in [1.29, 1.82) is 0 Å². The van der Waals surface area contributed by atoms with Crippen LogP contribution >= 0.6 is 0 Å². The van der Waals surface area contributed by atoms with E-state index in [-0.39, 0.29) is 10.8 Å². The number of aryl methyl sites for hydroxylation is 2. The summed E-state index contributed by atoms with van der Waals surface area (Å²) in [7, 11) is -1.89. The van der Waals surface area contributed by atoms with Gasteiger partial charge in [0, 0.05) is 0 Å². The first-order valence-electron chi connectivity index (χ1n) is 19.7. The standard InChI is InChI=1S/C48H60Si/c1-47(2,3)35-23-19-33-21-25-37-43(39(33)27-35)29-41(31-15-11-9-12-16-31)45(37)49(7,8)46-38-26-22-34-20-24-36(48(4,5)6)28-40(34)44(38)30-42(46)32-17-13-10-14-18-32/h9-20,23-24,27-28,37-38,41-46H,21-22,25-26,29-30H2,1-8H3. The molecule has 0 amide bonds. The fourth-order valence-corrected chi connectivity index (χ4v) is 18.3. The Morgan fingerprint density at radius 1 is 0.490 bits per heavy atom. The van der Waals surface area contributed by atoms with Gasteiger partial charge in [-0.05, 0) is 140 Å². The number of fused-ring (bicyclic) bond motifs is 6. The van der Waals surface area contributed by atoms with Crippen molar-refractivity contribution in [2.75, 3.05) is 0 Å². The van der Waals surface area contributed by atoms with Crippen LogP contribution in [0.1, 0.15) is 135 Å². The summed E-state index contributed by atoms with van der Waals surface area (Å²) in [5, 5.41) is 0. The Balaban J connectivity index is 1.25. The van der Waals surface area contributed by atoms with E-state index in [2.05, 4.69) is 152 Å². The fraction of sp³-hybridized carbons (Fsp3) is 0.500. The minimum absolute atomic E-state index is 0.179. The van der Waals surface area contributed by atoms with Crippen LogP contribution < -0.4 is 0 Å². The average molecular weight is 665 g/mol. The molecule has 2 fully saturated rings. The Kier molecular flexibility index (Phi) is 8.22. The van der Waals surface area contributed by atoms with Gasteiger partial charge >= 0.3 is 0 Å². The lowest BCUT2D eigenvalue weighted by atomic mass is 9.74. The first kappa shape index (κ1) is 33.3.